The lowest BCUT2D eigenvalue weighted by molar-refractivity contribution is -0.143. The second-order valence-electron chi connectivity index (χ2n) is 8.64. The fraction of sp³-hybridized carbons (Fsp3) is 0.400. The van der Waals surface area contributed by atoms with Gasteiger partial charge in [-0.15, -0.1) is 0 Å². The van der Waals surface area contributed by atoms with E-state index >= 15 is 0 Å². The maximum Gasteiger partial charge on any atom is 0.231 e. The number of amides is 1. The summed E-state index contributed by atoms with van der Waals surface area (Å²) in [5, 5.41) is 1.17. The number of aryl methyl sites for hydroxylation is 1. The first-order valence-corrected chi connectivity index (χ1v) is 10.9. The Hall–Kier alpha value is -2.99. The van der Waals surface area contributed by atoms with Crippen LogP contribution in [0.25, 0.3) is 10.9 Å². The van der Waals surface area contributed by atoms with Crippen molar-refractivity contribution in [3.05, 3.63) is 59.8 Å². The summed E-state index contributed by atoms with van der Waals surface area (Å²) in [7, 11) is 2.05. The summed E-state index contributed by atoms with van der Waals surface area (Å²) >= 11 is 0. The molecule has 2 aromatic carbocycles. The summed E-state index contributed by atoms with van der Waals surface area (Å²) in [6.07, 6.45) is 2.65. The zero-order valence-electron chi connectivity index (χ0n) is 18.2. The lowest BCUT2D eigenvalue weighted by Gasteiger charge is -2.36. The molecule has 0 bridgehead atoms. The summed E-state index contributed by atoms with van der Waals surface area (Å²) in [5.74, 6) is 1.56. The molecular formula is C25H28N2O4. The van der Waals surface area contributed by atoms with E-state index in [1.165, 1.54) is 5.39 Å². The second kappa shape index (κ2) is 7.93. The van der Waals surface area contributed by atoms with Crippen LogP contribution in [0.4, 0.5) is 0 Å². The van der Waals surface area contributed by atoms with E-state index in [0.29, 0.717) is 19.5 Å². The van der Waals surface area contributed by atoms with Crippen LogP contribution in [0, 0.1) is 0 Å². The molecule has 1 amide bonds. The minimum Gasteiger partial charge on any atom is -0.454 e. The number of carbonyl (C=O) groups excluding carboxylic acids is 1. The molecule has 0 aliphatic carbocycles. The molecule has 0 radical (unpaired) electrons. The van der Waals surface area contributed by atoms with Gasteiger partial charge in [-0.2, -0.15) is 0 Å². The van der Waals surface area contributed by atoms with E-state index in [0.717, 1.165) is 28.1 Å². The van der Waals surface area contributed by atoms with Crippen LogP contribution in [0.5, 0.6) is 11.5 Å². The van der Waals surface area contributed by atoms with Crippen LogP contribution in [-0.4, -0.2) is 47.5 Å². The molecule has 3 heterocycles. The van der Waals surface area contributed by atoms with Crippen molar-refractivity contribution in [2.24, 2.45) is 7.05 Å². The molecule has 2 aliphatic rings. The lowest BCUT2D eigenvalue weighted by Crippen LogP contribution is -2.48. The number of hydrogen-bond donors (Lipinski definition) is 0. The molecule has 162 valence electrons. The molecule has 3 aromatic rings. The predicted molar refractivity (Wildman–Crippen MR) is 119 cm³/mol. The van der Waals surface area contributed by atoms with E-state index in [4.69, 9.17) is 14.2 Å². The smallest absolute Gasteiger partial charge is 0.231 e. The topological polar surface area (TPSA) is 52.9 Å². The molecule has 1 aromatic heterocycles. The van der Waals surface area contributed by atoms with Crippen molar-refractivity contribution < 1.29 is 19.0 Å². The molecule has 31 heavy (non-hydrogen) atoms. The molecule has 0 spiro atoms. The van der Waals surface area contributed by atoms with E-state index in [2.05, 4.69) is 42.1 Å². The Morgan fingerprint density at radius 3 is 2.61 bits per heavy atom. The number of morpholine rings is 1. The van der Waals surface area contributed by atoms with Crippen LogP contribution in [0.1, 0.15) is 37.3 Å². The highest BCUT2D eigenvalue weighted by molar-refractivity contribution is 5.86. The average molecular weight is 421 g/mol. The Bertz CT molecular complexity index is 1110. The molecule has 6 nitrogen and oxygen atoms in total. The summed E-state index contributed by atoms with van der Waals surface area (Å²) in [6.45, 7) is 5.55. The quantitative estimate of drug-likeness (QED) is 0.639. The highest BCUT2D eigenvalue weighted by Gasteiger charge is 2.30. The molecule has 5 rings (SSSR count). The third-order valence-corrected chi connectivity index (χ3v) is 6.25. The van der Waals surface area contributed by atoms with Gasteiger partial charge in [0, 0.05) is 49.6 Å². The zero-order chi connectivity index (χ0) is 21.5. The fourth-order valence-electron chi connectivity index (χ4n) is 4.87. The van der Waals surface area contributed by atoms with Gasteiger partial charge in [0.05, 0.1) is 12.2 Å². The molecule has 0 saturated carbocycles. The van der Waals surface area contributed by atoms with Gasteiger partial charge in [-0.05, 0) is 43.2 Å². The molecule has 6 heteroatoms. The Morgan fingerprint density at radius 1 is 1.06 bits per heavy atom. The normalized spacial score (nSPS) is 21.5. The highest BCUT2D eigenvalue weighted by atomic mass is 16.7. The minimum absolute atomic E-state index is 0.0502. The summed E-state index contributed by atoms with van der Waals surface area (Å²) in [5.41, 5.74) is 3.37. The number of para-hydroxylation sites is 1. The van der Waals surface area contributed by atoms with Crippen molar-refractivity contribution in [2.75, 3.05) is 19.9 Å². The van der Waals surface area contributed by atoms with Crippen LogP contribution in [0.15, 0.2) is 48.7 Å². The van der Waals surface area contributed by atoms with Crippen molar-refractivity contribution in [1.82, 2.24) is 9.47 Å². The Kier molecular flexibility index (Phi) is 5.10. The Labute approximate surface area is 182 Å². The number of hydrogen-bond acceptors (Lipinski definition) is 4. The molecule has 0 N–H and O–H groups in total. The third kappa shape index (κ3) is 3.76. The van der Waals surface area contributed by atoms with Crippen molar-refractivity contribution in [3.8, 4) is 11.5 Å². The number of rotatable bonds is 4. The number of aromatic nitrogens is 1. The van der Waals surface area contributed by atoms with Gasteiger partial charge in [0.1, 0.15) is 0 Å². The molecule has 1 fully saturated rings. The van der Waals surface area contributed by atoms with Crippen LogP contribution in [0.3, 0.4) is 0 Å². The van der Waals surface area contributed by atoms with Gasteiger partial charge in [-0.1, -0.05) is 24.3 Å². The number of ether oxygens (including phenoxy) is 3. The molecule has 3 unspecified atom stereocenters. The van der Waals surface area contributed by atoms with Gasteiger partial charge in [-0.3, -0.25) is 4.79 Å². The van der Waals surface area contributed by atoms with Crippen molar-refractivity contribution >= 4 is 16.8 Å². The fourth-order valence-corrected chi connectivity index (χ4v) is 4.87. The third-order valence-electron chi connectivity index (χ3n) is 6.25. The summed E-state index contributed by atoms with van der Waals surface area (Å²) in [4.78, 5) is 15.4. The van der Waals surface area contributed by atoms with Crippen LogP contribution in [-0.2, 0) is 16.6 Å². The summed E-state index contributed by atoms with van der Waals surface area (Å²) < 4.78 is 19.1. The lowest BCUT2D eigenvalue weighted by atomic mass is 9.87. The predicted octanol–water partition coefficient (Wildman–Crippen LogP) is 4.06. The monoisotopic (exact) mass is 420 g/mol. The number of nitrogens with zero attached hydrogens (tertiary/aromatic N) is 2. The highest BCUT2D eigenvalue weighted by Crippen LogP contribution is 2.40. The number of fused-ring (bicyclic) bond motifs is 2. The average Bonchev–Trinajstić information content (AvgIpc) is 3.35. The maximum atomic E-state index is 13.4. The van der Waals surface area contributed by atoms with Gasteiger partial charge < -0.3 is 23.7 Å². The SMILES string of the molecule is CC1CN(C(=O)CC(c2ccc3c(c2)OCO3)c2cn(C)c3ccccc23)CC(C)O1. The van der Waals surface area contributed by atoms with Gasteiger partial charge in [0.25, 0.3) is 0 Å². The second-order valence-corrected chi connectivity index (χ2v) is 8.64. The first kappa shape index (κ1) is 19.9. The minimum atomic E-state index is -0.0819. The Balaban J connectivity index is 1.54. The molecular weight excluding hydrogens is 392 g/mol. The van der Waals surface area contributed by atoms with Gasteiger partial charge in [0.15, 0.2) is 11.5 Å². The van der Waals surface area contributed by atoms with Crippen LogP contribution < -0.4 is 9.47 Å². The Morgan fingerprint density at radius 2 is 1.81 bits per heavy atom. The number of carbonyl (C=O) groups is 1. The first-order chi connectivity index (χ1) is 15.0. The first-order valence-electron chi connectivity index (χ1n) is 10.9. The van der Waals surface area contributed by atoms with Crippen LogP contribution in [0.2, 0.25) is 0 Å². The zero-order valence-corrected chi connectivity index (χ0v) is 18.2. The van der Waals surface area contributed by atoms with Gasteiger partial charge in [0.2, 0.25) is 12.7 Å². The maximum absolute atomic E-state index is 13.4. The summed E-state index contributed by atoms with van der Waals surface area (Å²) in [6, 6.07) is 14.4. The van der Waals surface area contributed by atoms with Gasteiger partial charge >= 0.3 is 0 Å². The van der Waals surface area contributed by atoms with E-state index in [1.54, 1.807) is 0 Å². The molecule has 2 aliphatic heterocycles. The van der Waals surface area contributed by atoms with E-state index in [1.807, 2.05) is 36.9 Å². The van der Waals surface area contributed by atoms with Crippen molar-refractivity contribution in [3.63, 3.8) is 0 Å². The van der Waals surface area contributed by atoms with E-state index < -0.39 is 0 Å². The van der Waals surface area contributed by atoms with Crippen molar-refractivity contribution in [1.29, 1.82) is 0 Å². The van der Waals surface area contributed by atoms with Crippen LogP contribution >= 0.6 is 0 Å². The number of benzene rings is 2. The van der Waals surface area contributed by atoms with Crippen molar-refractivity contribution in [2.45, 2.75) is 38.4 Å². The largest absolute Gasteiger partial charge is 0.454 e. The standard InChI is InChI=1S/C25H28N2O4/c1-16-12-27(13-17(2)31-16)25(28)11-20(18-8-9-23-24(10-18)30-15-29-23)21-14-26(3)22-7-5-4-6-19(21)22/h4-10,14,16-17,20H,11-13,15H2,1-3H3. The van der Waals surface area contributed by atoms with E-state index in [9.17, 15) is 4.79 Å². The molecule has 3 atom stereocenters. The van der Waals surface area contributed by atoms with E-state index in [-0.39, 0.29) is 30.8 Å². The molecule has 1 saturated heterocycles. The van der Waals surface area contributed by atoms with Gasteiger partial charge in [-0.25, -0.2) is 0 Å².